The molecule has 3 heteroatoms. The standard InChI is InChI=1S/C8H9ClN2/c1-5-8(9)7-4-10-2-6(7)3-11-5/h3,10H,2,4H2,1H3. The number of aryl methyl sites for hydroxylation is 1. The average Bonchev–Trinajstić information content (AvgIpc) is 2.45. The van der Waals surface area contributed by atoms with Crippen LogP contribution in [0.4, 0.5) is 0 Å². The van der Waals surface area contributed by atoms with Crippen LogP contribution >= 0.6 is 11.6 Å². The molecule has 58 valence electrons. The van der Waals surface area contributed by atoms with E-state index in [1.54, 1.807) is 0 Å². The number of rotatable bonds is 0. The monoisotopic (exact) mass is 168 g/mol. The van der Waals surface area contributed by atoms with Gasteiger partial charge in [-0.2, -0.15) is 0 Å². The summed E-state index contributed by atoms with van der Waals surface area (Å²) in [6, 6.07) is 0. The van der Waals surface area contributed by atoms with E-state index in [2.05, 4.69) is 10.3 Å². The normalized spacial score (nSPS) is 15.1. The number of aromatic nitrogens is 1. The summed E-state index contributed by atoms with van der Waals surface area (Å²) in [6.07, 6.45) is 1.90. The number of pyridine rings is 1. The van der Waals surface area contributed by atoms with E-state index in [0.717, 1.165) is 23.8 Å². The summed E-state index contributed by atoms with van der Waals surface area (Å²) in [5.74, 6) is 0. The van der Waals surface area contributed by atoms with E-state index in [0.29, 0.717) is 0 Å². The summed E-state index contributed by atoms with van der Waals surface area (Å²) in [5.41, 5.74) is 3.38. The fourth-order valence-corrected chi connectivity index (χ4v) is 1.57. The first kappa shape index (κ1) is 7.07. The molecule has 0 aliphatic carbocycles. The first-order valence-electron chi connectivity index (χ1n) is 3.62. The molecule has 2 rings (SSSR count). The Hall–Kier alpha value is -0.600. The van der Waals surface area contributed by atoms with Gasteiger partial charge in [-0.1, -0.05) is 11.6 Å². The van der Waals surface area contributed by atoms with Crippen LogP contribution in [0.1, 0.15) is 16.8 Å². The van der Waals surface area contributed by atoms with E-state index in [1.807, 2.05) is 13.1 Å². The summed E-state index contributed by atoms with van der Waals surface area (Å²) >= 11 is 6.04. The third-order valence-electron chi connectivity index (χ3n) is 2.00. The van der Waals surface area contributed by atoms with Crippen molar-refractivity contribution in [2.45, 2.75) is 20.0 Å². The molecule has 1 N–H and O–H groups in total. The van der Waals surface area contributed by atoms with Crippen LogP contribution < -0.4 is 5.32 Å². The summed E-state index contributed by atoms with van der Waals surface area (Å²) in [6.45, 7) is 3.72. The molecular formula is C8H9ClN2. The second kappa shape index (κ2) is 2.47. The SMILES string of the molecule is Cc1ncc2c(c1Cl)CNC2. The Balaban J connectivity index is 2.62. The zero-order valence-electron chi connectivity index (χ0n) is 6.32. The van der Waals surface area contributed by atoms with Gasteiger partial charge >= 0.3 is 0 Å². The van der Waals surface area contributed by atoms with Gasteiger partial charge in [-0.15, -0.1) is 0 Å². The van der Waals surface area contributed by atoms with Gasteiger partial charge in [-0.25, -0.2) is 0 Å². The van der Waals surface area contributed by atoms with Gasteiger partial charge in [0.25, 0.3) is 0 Å². The van der Waals surface area contributed by atoms with E-state index >= 15 is 0 Å². The molecule has 1 aliphatic rings. The Morgan fingerprint density at radius 1 is 1.55 bits per heavy atom. The van der Waals surface area contributed by atoms with Crippen LogP contribution in [0.15, 0.2) is 6.20 Å². The van der Waals surface area contributed by atoms with Crippen molar-refractivity contribution in [1.29, 1.82) is 0 Å². The van der Waals surface area contributed by atoms with E-state index < -0.39 is 0 Å². The molecule has 11 heavy (non-hydrogen) atoms. The number of nitrogens with one attached hydrogen (secondary N) is 1. The fourth-order valence-electron chi connectivity index (χ4n) is 1.33. The number of nitrogens with zero attached hydrogens (tertiary/aromatic N) is 1. The third-order valence-corrected chi connectivity index (χ3v) is 2.50. The van der Waals surface area contributed by atoms with Crippen LogP contribution in [0.3, 0.4) is 0 Å². The van der Waals surface area contributed by atoms with Gasteiger partial charge in [0.15, 0.2) is 0 Å². The Kier molecular flexibility index (Phi) is 1.59. The van der Waals surface area contributed by atoms with Gasteiger partial charge in [-0.3, -0.25) is 4.98 Å². The molecule has 0 bridgehead atoms. The van der Waals surface area contributed by atoms with Crippen LogP contribution in [0.25, 0.3) is 0 Å². The molecule has 0 atom stereocenters. The second-order valence-corrected chi connectivity index (χ2v) is 3.14. The molecular weight excluding hydrogens is 160 g/mol. The topological polar surface area (TPSA) is 24.9 Å². The number of hydrogen-bond donors (Lipinski definition) is 1. The molecule has 0 saturated heterocycles. The highest BCUT2D eigenvalue weighted by atomic mass is 35.5. The number of halogens is 1. The zero-order valence-corrected chi connectivity index (χ0v) is 7.07. The highest BCUT2D eigenvalue weighted by molar-refractivity contribution is 6.32. The molecule has 0 amide bonds. The predicted molar refractivity (Wildman–Crippen MR) is 44.5 cm³/mol. The predicted octanol–water partition coefficient (Wildman–Crippen LogP) is 1.65. The van der Waals surface area contributed by atoms with E-state index in [9.17, 15) is 0 Å². The van der Waals surface area contributed by atoms with Crippen LogP contribution in [0.2, 0.25) is 5.02 Å². The van der Waals surface area contributed by atoms with Gasteiger partial charge in [0.1, 0.15) is 0 Å². The van der Waals surface area contributed by atoms with Crippen molar-refractivity contribution in [3.63, 3.8) is 0 Å². The van der Waals surface area contributed by atoms with Crippen molar-refractivity contribution in [2.75, 3.05) is 0 Å². The zero-order chi connectivity index (χ0) is 7.84. The maximum Gasteiger partial charge on any atom is 0.0666 e. The third kappa shape index (κ3) is 1.03. The molecule has 1 aliphatic heterocycles. The molecule has 0 spiro atoms. The smallest absolute Gasteiger partial charge is 0.0666 e. The Morgan fingerprint density at radius 2 is 2.36 bits per heavy atom. The van der Waals surface area contributed by atoms with Crippen LogP contribution in [0.5, 0.6) is 0 Å². The second-order valence-electron chi connectivity index (χ2n) is 2.76. The van der Waals surface area contributed by atoms with Gasteiger partial charge in [-0.05, 0) is 18.1 Å². The summed E-state index contributed by atoms with van der Waals surface area (Å²) < 4.78 is 0. The lowest BCUT2D eigenvalue weighted by atomic mass is 10.1. The molecule has 0 unspecified atom stereocenters. The minimum absolute atomic E-state index is 0.826. The average molecular weight is 169 g/mol. The summed E-state index contributed by atoms with van der Waals surface area (Å²) in [5, 5.41) is 4.06. The highest BCUT2D eigenvalue weighted by Gasteiger charge is 2.14. The Bertz CT molecular complexity index is 296. The fraction of sp³-hybridized carbons (Fsp3) is 0.375. The van der Waals surface area contributed by atoms with Crippen molar-refractivity contribution >= 4 is 11.6 Å². The molecule has 0 fully saturated rings. The highest BCUT2D eigenvalue weighted by Crippen LogP contribution is 2.25. The molecule has 0 radical (unpaired) electrons. The lowest BCUT2D eigenvalue weighted by Crippen LogP contribution is -2.00. The maximum absolute atomic E-state index is 6.04. The molecule has 2 heterocycles. The number of hydrogen-bond acceptors (Lipinski definition) is 2. The summed E-state index contributed by atoms with van der Waals surface area (Å²) in [4.78, 5) is 4.18. The first-order valence-corrected chi connectivity index (χ1v) is 4.00. The molecule has 2 nitrogen and oxygen atoms in total. The Morgan fingerprint density at radius 3 is 3.18 bits per heavy atom. The van der Waals surface area contributed by atoms with Crippen molar-refractivity contribution < 1.29 is 0 Å². The lowest BCUT2D eigenvalue weighted by molar-refractivity contribution is 0.764. The minimum Gasteiger partial charge on any atom is -0.308 e. The Labute approximate surface area is 70.6 Å². The van der Waals surface area contributed by atoms with Crippen LogP contribution in [-0.4, -0.2) is 4.98 Å². The molecule has 1 aromatic heterocycles. The van der Waals surface area contributed by atoms with E-state index in [-0.39, 0.29) is 0 Å². The van der Waals surface area contributed by atoms with Crippen molar-refractivity contribution in [3.8, 4) is 0 Å². The quantitative estimate of drug-likeness (QED) is 0.637. The van der Waals surface area contributed by atoms with Crippen LogP contribution in [-0.2, 0) is 13.1 Å². The number of fused-ring (bicyclic) bond motifs is 1. The van der Waals surface area contributed by atoms with Gasteiger partial charge in [0, 0.05) is 19.3 Å². The molecule has 0 aromatic carbocycles. The molecule has 0 saturated carbocycles. The van der Waals surface area contributed by atoms with E-state index in [1.165, 1.54) is 11.1 Å². The minimum atomic E-state index is 0.826. The molecule has 1 aromatic rings. The van der Waals surface area contributed by atoms with Gasteiger partial charge < -0.3 is 5.32 Å². The largest absolute Gasteiger partial charge is 0.308 e. The van der Waals surface area contributed by atoms with Crippen molar-refractivity contribution in [1.82, 2.24) is 10.3 Å². The van der Waals surface area contributed by atoms with Crippen LogP contribution in [0, 0.1) is 6.92 Å². The first-order chi connectivity index (χ1) is 5.29. The van der Waals surface area contributed by atoms with Gasteiger partial charge in [0.2, 0.25) is 0 Å². The van der Waals surface area contributed by atoms with Gasteiger partial charge in [0.05, 0.1) is 10.7 Å². The maximum atomic E-state index is 6.04. The van der Waals surface area contributed by atoms with Crippen molar-refractivity contribution in [2.24, 2.45) is 0 Å². The lowest BCUT2D eigenvalue weighted by Gasteiger charge is -2.01. The van der Waals surface area contributed by atoms with Crippen molar-refractivity contribution in [3.05, 3.63) is 28.0 Å². The van der Waals surface area contributed by atoms with E-state index in [4.69, 9.17) is 11.6 Å². The summed E-state index contributed by atoms with van der Waals surface area (Å²) in [7, 11) is 0.